The van der Waals surface area contributed by atoms with E-state index in [4.69, 9.17) is 0 Å². The minimum Gasteiger partial charge on any atom is -0.263 e. The van der Waals surface area contributed by atoms with E-state index in [1.54, 1.807) is 0 Å². The molecule has 1 heterocycles. The standard InChI is InChI=1S/C8H13NO3S2/c1-6(2)7-5-13-8(9-7)4-12-14(3,10)11/h5-6H,4H2,1-3H3. The summed E-state index contributed by atoms with van der Waals surface area (Å²) in [5.74, 6) is 0.359. The van der Waals surface area contributed by atoms with Crippen LogP contribution in [0.2, 0.25) is 0 Å². The van der Waals surface area contributed by atoms with Gasteiger partial charge in [-0.3, -0.25) is 4.18 Å². The predicted octanol–water partition coefficient (Wildman–Crippen LogP) is 1.74. The highest BCUT2D eigenvalue weighted by Gasteiger charge is 2.08. The van der Waals surface area contributed by atoms with Crippen molar-refractivity contribution in [2.24, 2.45) is 0 Å². The zero-order chi connectivity index (χ0) is 10.8. The lowest BCUT2D eigenvalue weighted by atomic mass is 10.2. The van der Waals surface area contributed by atoms with Crippen molar-refractivity contribution in [2.45, 2.75) is 26.4 Å². The molecule has 0 amide bonds. The lowest BCUT2D eigenvalue weighted by molar-refractivity contribution is 0.311. The lowest BCUT2D eigenvalue weighted by Gasteiger charge is -1.98. The van der Waals surface area contributed by atoms with Crippen LogP contribution in [0.5, 0.6) is 0 Å². The van der Waals surface area contributed by atoms with E-state index in [0.717, 1.165) is 11.9 Å². The van der Waals surface area contributed by atoms with E-state index < -0.39 is 10.1 Å². The van der Waals surface area contributed by atoms with Crippen molar-refractivity contribution >= 4 is 21.5 Å². The van der Waals surface area contributed by atoms with E-state index in [0.29, 0.717) is 10.9 Å². The molecular formula is C8H13NO3S2. The molecule has 0 aliphatic heterocycles. The molecule has 0 saturated carbocycles. The number of hydrogen-bond acceptors (Lipinski definition) is 5. The zero-order valence-corrected chi connectivity index (χ0v) is 9.98. The second kappa shape index (κ2) is 4.37. The van der Waals surface area contributed by atoms with E-state index in [9.17, 15) is 8.42 Å². The molecule has 0 aliphatic carbocycles. The van der Waals surface area contributed by atoms with Crippen LogP contribution in [-0.4, -0.2) is 19.7 Å². The third-order valence-corrected chi connectivity index (χ3v) is 2.94. The molecule has 1 aromatic rings. The first-order valence-electron chi connectivity index (χ1n) is 4.17. The highest BCUT2D eigenvalue weighted by molar-refractivity contribution is 7.85. The van der Waals surface area contributed by atoms with Crippen LogP contribution in [0.15, 0.2) is 5.38 Å². The predicted molar refractivity (Wildman–Crippen MR) is 55.8 cm³/mol. The third-order valence-electron chi connectivity index (χ3n) is 1.56. The maximum atomic E-state index is 10.7. The van der Waals surface area contributed by atoms with Crippen LogP contribution in [-0.2, 0) is 20.9 Å². The van der Waals surface area contributed by atoms with Gasteiger partial charge in [-0.25, -0.2) is 4.98 Å². The summed E-state index contributed by atoms with van der Waals surface area (Å²) in [6, 6.07) is 0. The molecule has 0 radical (unpaired) electrons. The number of rotatable bonds is 4. The van der Waals surface area contributed by atoms with E-state index >= 15 is 0 Å². The average molecular weight is 235 g/mol. The molecule has 0 N–H and O–H groups in total. The minimum atomic E-state index is -3.37. The topological polar surface area (TPSA) is 56.3 Å². The van der Waals surface area contributed by atoms with Gasteiger partial charge in [-0.05, 0) is 5.92 Å². The molecule has 0 spiro atoms. The molecule has 0 fully saturated rings. The Bertz CT molecular complexity index is 394. The van der Waals surface area contributed by atoms with Crippen LogP contribution in [0.4, 0.5) is 0 Å². The first-order chi connectivity index (χ1) is 6.38. The first kappa shape index (κ1) is 11.6. The molecule has 0 atom stereocenters. The van der Waals surface area contributed by atoms with Crippen LogP contribution >= 0.6 is 11.3 Å². The molecule has 1 aromatic heterocycles. The van der Waals surface area contributed by atoms with E-state index in [1.165, 1.54) is 11.3 Å². The molecule has 0 bridgehead atoms. The molecular weight excluding hydrogens is 222 g/mol. The fraction of sp³-hybridized carbons (Fsp3) is 0.625. The van der Waals surface area contributed by atoms with Crippen LogP contribution in [0.3, 0.4) is 0 Å². The quantitative estimate of drug-likeness (QED) is 0.746. The van der Waals surface area contributed by atoms with Gasteiger partial charge in [0.05, 0.1) is 11.9 Å². The molecule has 14 heavy (non-hydrogen) atoms. The summed E-state index contributed by atoms with van der Waals surface area (Å²) in [7, 11) is -3.37. The van der Waals surface area contributed by atoms with Gasteiger partial charge in [0.1, 0.15) is 11.6 Å². The van der Waals surface area contributed by atoms with Crippen molar-refractivity contribution in [3.05, 3.63) is 16.1 Å². The Morgan fingerprint density at radius 3 is 2.64 bits per heavy atom. The molecule has 1 rings (SSSR count). The summed E-state index contributed by atoms with van der Waals surface area (Å²) < 4.78 is 26.0. The molecule has 4 nitrogen and oxygen atoms in total. The van der Waals surface area contributed by atoms with Crippen molar-refractivity contribution in [2.75, 3.05) is 6.26 Å². The van der Waals surface area contributed by atoms with Gasteiger partial charge in [0.25, 0.3) is 10.1 Å². The van der Waals surface area contributed by atoms with Gasteiger partial charge in [0.2, 0.25) is 0 Å². The van der Waals surface area contributed by atoms with Crippen LogP contribution in [0, 0.1) is 0 Å². The van der Waals surface area contributed by atoms with Crippen molar-refractivity contribution in [1.82, 2.24) is 4.98 Å². The van der Waals surface area contributed by atoms with Gasteiger partial charge in [-0.15, -0.1) is 11.3 Å². The van der Waals surface area contributed by atoms with Gasteiger partial charge in [-0.2, -0.15) is 8.42 Å². The fourth-order valence-electron chi connectivity index (χ4n) is 0.814. The van der Waals surface area contributed by atoms with Gasteiger partial charge in [0.15, 0.2) is 0 Å². The normalized spacial score (nSPS) is 12.3. The Morgan fingerprint density at radius 2 is 2.21 bits per heavy atom. The number of aromatic nitrogens is 1. The number of nitrogens with zero attached hydrogens (tertiary/aromatic N) is 1. The van der Waals surface area contributed by atoms with Crippen LogP contribution in [0.1, 0.15) is 30.5 Å². The van der Waals surface area contributed by atoms with E-state index in [1.807, 2.05) is 19.2 Å². The van der Waals surface area contributed by atoms with E-state index in [-0.39, 0.29) is 6.61 Å². The number of thiazole rings is 1. The summed E-state index contributed by atoms with van der Waals surface area (Å²) in [5, 5.41) is 2.62. The Morgan fingerprint density at radius 1 is 1.57 bits per heavy atom. The van der Waals surface area contributed by atoms with Gasteiger partial charge in [-0.1, -0.05) is 13.8 Å². The molecule has 0 unspecified atom stereocenters. The first-order valence-corrected chi connectivity index (χ1v) is 6.87. The summed E-state index contributed by atoms with van der Waals surface area (Å²) in [6.45, 7) is 4.11. The SMILES string of the molecule is CC(C)c1csc(COS(C)(=O)=O)n1. The molecule has 0 aromatic carbocycles. The molecule has 6 heteroatoms. The maximum absolute atomic E-state index is 10.7. The van der Waals surface area contributed by atoms with Crippen molar-refractivity contribution in [1.29, 1.82) is 0 Å². The second-order valence-electron chi connectivity index (χ2n) is 3.29. The van der Waals surface area contributed by atoms with E-state index in [2.05, 4.69) is 9.17 Å². The fourth-order valence-corrected chi connectivity index (χ4v) is 2.08. The molecule has 80 valence electrons. The van der Waals surface area contributed by atoms with Crippen LogP contribution in [0.25, 0.3) is 0 Å². The minimum absolute atomic E-state index is 0.0379. The monoisotopic (exact) mass is 235 g/mol. The van der Waals surface area contributed by atoms with Gasteiger partial charge < -0.3 is 0 Å². The highest BCUT2D eigenvalue weighted by Crippen LogP contribution is 2.18. The zero-order valence-electron chi connectivity index (χ0n) is 8.35. The van der Waals surface area contributed by atoms with Gasteiger partial charge in [0, 0.05) is 5.38 Å². The Kier molecular flexibility index (Phi) is 3.63. The third kappa shape index (κ3) is 3.73. The highest BCUT2D eigenvalue weighted by atomic mass is 32.2. The largest absolute Gasteiger partial charge is 0.264 e. The number of hydrogen-bond donors (Lipinski definition) is 0. The summed E-state index contributed by atoms with van der Waals surface area (Å²) in [6.07, 6.45) is 1.03. The molecule has 0 saturated heterocycles. The molecule has 0 aliphatic rings. The maximum Gasteiger partial charge on any atom is 0.264 e. The summed E-state index contributed by atoms with van der Waals surface area (Å²) in [5.41, 5.74) is 0.974. The average Bonchev–Trinajstić information content (AvgIpc) is 2.47. The second-order valence-corrected chi connectivity index (χ2v) is 5.87. The summed E-state index contributed by atoms with van der Waals surface area (Å²) in [4.78, 5) is 4.24. The summed E-state index contributed by atoms with van der Waals surface area (Å²) >= 11 is 1.42. The Balaban J connectivity index is 2.61. The van der Waals surface area contributed by atoms with Crippen molar-refractivity contribution in [3.8, 4) is 0 Å². The smallest absolute Gasteiger partial charge is 0.263 e. The Hall–Kier alpha value is -0.460. The van der Waals surface area contributed by atoms with Crippen molar-refractivity contribution < 1.29 is 12.6 Å². The van der Waals surface area contributed by atoms with Crippen molar-refractivity contribution in [3.63, 3.8) is 0 Å². The lowest BCUT2D eigenvalue weighted by Crippen LogP contribution is -2.02. The van der Waals surface area contributed by atoms with Crippen LogP contribution < -0.4 is 0 Å². The van der Waals surface area contributed by atoms with Gasteiger partial charge >= 0.3 is 0 Å². The Labute approximate surface area is 88.1 Å².